The zero-order valence-corrected chi connectivity index (χ0v) is 12.6. The van der Waals surface area contributed by atoms with Crippen molar-refractivity contribution in [1.82, 2.24) is 19.5 Å². The molecule has 0 aliphatic heterocycles. The van der Waals surface area contributed by atoms with Crippen LogP contribution in [0.15, 0.2) is 18.5 Å². The van der Waals surface area contributed by atoms with Crippen molar-refractivity contribution in [3.63, 3.8) is 0 Å². The number of aryl methyl sites for hydroxylation is 3. The van der Waals surface area contributed by atoms with Gasteiger partial charge in [-0.05, 0) is 32.4 Å². The summed E-state index contributed by atoms with van der Waals surface area (Å²) in [5.41, 5.74) is 15.0. The minimum Gasteiger partial charge on any atom is -0.384 e. The van der Waals surface area contributed by atoms with E-state index in [9.17, 15) is 4.79 Å². The van der Waals surface area contributed by atoms with Gasteiger partial charge in [0.2, 0.25) is 0 Å². The Balaban J connectivity index is 2.51. The van der Waals surface area contributed by atoms with Gasteiger partial charge in [0.25, 0.3) is 5.91 Å². The van der Waals surface area contributed by atoms with Gasteiger partial charge in [0.15, 0.2) is 5.65 Å². The van der Waals surface area contributed by atoms with Gasteiger partial charge in [-0.1, -0.05) is 0 Å². The van der Waals surface area contributed by atoms with Crippen LogP contribution in [0.5, 0.6) is 0 Å². The molecule has 3 aromatic heterocycles. The van der Waals surface area contributed by atoms with E-state index < -0.39 is 5.91 Å². The summed E-state index contributed by atoms with van der Waals surface area (Å²) >= 11 is 0. The van der Waals surface area contributed by atoms with Gasteiger partial charge in [-0.3, -0.25) is 14.3 Å². The number of pyridine rings is 1. The Bertz CT molecular complexity index is 892. The molecule has 1 amide bonds. The van der Waals surface area contributed by atoms with E-state index in [1.165, 1.54) is 0 Å². The molecule has 7 heteroatoms. The van der Waals surface area contributed by atoms with Crippen molar-refractivity contribution < 1.29 is 4.79 Å². The molecular formula is C15H16N6O. The van der Waals surface area contributed by atoms with Crippen molar-refractivity contribution in [2.75, 3.05) is 5.73 Å². The fraction of sp³-hybridized carbons (Fsp3) is 0.200. The van der Waals surface area contributed by atoms with Gasteiger partial charge in [0, 0.05) is 12.4 Å². The van der Waals surface area contributed by atoms with Crippen LogP contribution in [0.25, 0.3) is 16.7 Å². The van der Waals surface area contributed by atoms with Gasteiger partial charge in [0.05, 0.1) is 22.3 Å². The SMILES string of the molecule is Cc1ncc2c(C(N)=O)c(N)n(-c3c(C)ccnc3C)c2n1. The van der Waals surface area contributed by atoms with E-state index in [2.05, 4.69) is 15.0 Å². The van der Waals surface area contributed by atoms with Gasteiger partial charge < -0.3 is 11.5 Å². The van der Waals surface area contributed by atoms with E-state index in [-0.39, 0.29) is 11.4 Å². The highest BCUT2D eigenvalue weighted by Crippen LogP contribution is 2.31. The normalized spacial score (nSPS) is 11.0. The molecule has 0 fully saturated rings. The first kappa shape index (κ1) is 14.0. The van der Waals surface area contributed by atoms with Crippen LogP contribution in [-0.2, 0) is 0 Å². The summed E-state index contributed by atoms with van der Waals surface area (Å²) in [6.45, 7) is 5.61. The molecule has 0 bridgehead atoms. The van der Waals surface area contributed by atoms with E-state index in [4.69, 9.17) is 11.5 Å². The largest absolute Gasteiger partial charge is 0.384 e. The van der Waals surface area contributed by atoms with Crippen molar-refractivity contribution >= 4 is 22.8 Å². The number of carbonyl (C=O) groups is 1. The third-order valence-electron chi connectivity index (χ3n) is 3.65. The average Bonchev–Trinajstić information content (AvgIpc) is 2.71. The van der Waals surface area contributed by atoms with Crippen LogP contribution < -0.4 is 11.5 Å². The summed E-state index contributed by atoms with van der Waals surface area (Å²) in [5, 5.41) is 0.540. The molecule has 3 heterocycles. The van der Waals surface area contributed by atoms with E-state index in [1.54, 1.807) is 23.9 Å². The van der Waals surface area contributed by atoms with Crippen LogP contribution in [0.4, 0.5) is 5.82 Å². The lowest BCUT2D eigenvalue weighted by molar-refractivity contribution is 0.100. The Hall–Kier alpha value is -2.96. The standard InChI is InChI=1S/C15H16N6O/c1-7-4-5-18-8(2)12(7)21-13(16)11(14(17)22)10-6-19-9(3)20-15(10)21/h4-6H,16H2,1-3H3,(H2,17,22). The Kier molecular flexibility index (Phi) is 3.05. The highest BCUT2D eigenvalue weighted by Gasteiger charge is 2.23. The second kappa shape index (κ2) is 4.80. The molecule has 0 spiro atoms. The lowest BCUT2D eigenvalue weighted by Crippen LogP contribution is -2.14. The molecule has 0 aliphatic carbocycles. The number of nitrogen functional groups attached to an aromatic ring is 1. The van der Waals surface area contributed by atoms with E-state index in [1.807, 2.05) is 19.9 Å². The summed E-state index contributed by atoms with van der Waals surface area (Å²) in [5.74, 6) is 0.232. The maximum absolute atomic E-state index is 11.8. The van der Waals surface area contributed by atoms with Gasteiger partial charge in [0.1, 0.15) is 11.6 Å². The quantitative estimate of drug-likeness (QED) is 0.742. The summed E-state index contributed by atoms with van der Waals surface area (Å²) in [6.07, 6.45) is 3.30. The number of primary amides is 1. The zero-order valence-electron chi connectivity index (χ0n) is 12.6. The second-order valence-corrected chi connectivity index (χ2v) is 5.18. The minimum absolute atomic E-state index is 0.234. The van der Waals surface area contributed by atoms with Crippen molar-refractivity contribution in [2.24, 2.45) is 5.73 Å². The first-order valence-electron chi connectivity index (χ1n) is 6.77. The highest BCUT2D eigenvalue weighted by atomic mass is 16.1. The number of rotatable bonds is 2. The molecule has 7 nitrogen and oxygen atoms in total. The van der Waals surface area contributed by atoms with E-state index >= 15 is 0 Å². The molecule has 0 radical (unpaired) electrons. The van der Waals surface area contributed by atoms with Gasteiger partial charge in [-0.25, -0.2) is 9.97 Å². The molecule has 112 valence electrons. The van der Waals surface area contributed by atoms with Crippen LogP contribution in [0.3, 0.4) is 0 Å². The zero-order chi connectivity index (χ0) is 16.0. The van der Waals surface area contributed by atoms with Crippen molar-refractivity contribution in [2.45, 2.75) is 20.8 Å². The summed E-state index contributed by atoms with van der Waals surface area (Å²) in [7, 11) is 0. The number of aromatic nitrogens is 4. The monoisotopic (exact) mass is 296 g/mol. The van der Waals surface area contributed by atoms with Crippen LogP contribution in [0.1, 0.15) is 27.4 Å². The molecule has 22 heavy (non-hydrogen) atoms. The third kappa shape index (κ3) is 1.90. The first-order chi connectivity index (χ1) is 10.4. The van der Waals surface area contributed by atoms with Crippen molar-refractivity contribution in [1.29, 1.82) is 0 Å². The van der Waals surface area contributed by atoms with Crippen molar-refractivity contribution in [3.05, 3.63) is 41.1 Å². The summed E-state index contributed by atoms with van der Waals surface area (Å²) in [4.78, 5) is 24.7. The predicted molar refractivity (Wildman–Crippen MR) is 83.8 cm³/mol. The smallest absolute Gasteiger partial charge is 0.253 e. The number of nitrogens with two attached hydrogens (primary N) is 2. The highest BCUT2D eigenvalue weighted by molar-refractivity contribution is 6.10. The lowest BCUT2D eigenvalue weighted by atomic mass is 10.2. The Morgan fingerprint density at radius 1 is 1.23 bits per heavy atom. The maximum Gasteiger partial charge on any atom is 0.253 e. The Morgan fingerprint density at radius 2 is 1.95 bits per heavy atom. The first-order valence-corrected chi connectivity index (χ1v) is 6.77. The van der Waals surface area contributed by atoms with Crippen molar-refractivity contribution in [3.8, 4) is 5.69 Å². The van der Waals surface area contributed by atoms with Crippen LogP contribution in [0, 0.1) is 20.8 Å². The number of nitrogens with zero attached hydrogens (tertiary/aromatic N) is 4. The second-order valence-electron chi connectivity index (χ2n) is 5.18. The number of hydrogen-bond acceptors (Lipinski definition) is 5. The predicted octanol–water partition coefficient (Wildman–Crippen LogP) is 1.42. The molecular weight excluding hydrogens is 280 g/mol. The Labute approximate surface area is 127 Å². The lowest BCUT2D eigenvalue weighted by Gasteiger charge is -2.13. The third-order valence-corrected chi connectivity index (χ3v) is 3.65. The molecule has 4 N–H and O–H groups in total. The molecule has 0 atom stereocenters. The van der Waals surface area contributed by atoms with Gasteiger partial charge in [-0.15, -0.1) is 0 Å². The number of hydrogen-bond donors (Lipinski definition) is 2. The van der Waals surface area contributed by atoms with Crippen LogP contribution in [-0.4, -0.2) is 25.4 Å². The molecule has 0 unspecified atom stereocenters. The number of amides is 1. The van der Waals surface area contributed by atoms with E-state index in [0.29, 0.717) is 16.9 Å². The molecule has 0 saturated heterocycles. The fourth-order valence-corrected chi connectivity index (χ4v) is 2.68. The number of carbonyl (C=O) groups excluding carboxylic acids is 1. The van der Waals surface area contributed by atoms with E-state index in [0.717, 1.165) is 16.9 Å². The molecule has 0 aliphatic rings. The average molecular weight is 296 g/mol. The van der Waals surface area contributed by atoms with Gasteiger partial charge in [-0.2, -0.15) is 0 Å². The summed E-state index contributed by atoms with van der Waals surface area (Å²) in [6, 6.07) is 1.88. The molecule has 3 aromatic rings. The molecule has 0 aromatic carbocycles. The topological polar surface area (TPSA) is 113 Å². The number of anilines is 1. The van der Waals surface area contributed by atoms with Crippen LogP contribution in [0.2, 0.25) is 0 Å². The van der Waals surface area contributed by atoms with Gasteiger partial charge >= 0.3 is 0 Å². The number of fused-ring (bicyclic) bond motifs is 1. The summed E-state index contributed by atoms with van der Waals surface area (Å²) < 4.78 is 1.72. The van der Waals surface area contributed by atoms with Crippen LogP contribution >= 0.6 is 0 Å². The molecule has 0 saturated carbocycles. The Morgan fingerprint density at radius 3 is 2.59 bits per heavy atom. The fourth-order valence-electron chi connectivity index (χ4n) is 2.68. The molecule has 3 rings (SSSR count). The maximum atomic E-state index is 11.8. The minimum atomic E-state index is -0.604.